The van der Waals surface area contributed by atoms with E-state index in [1.165, 1.54) is 5.56 Å². The average molecular weight is 584 g/mol. The number of carbonyl (C=O) groups is 1. The first kappa shape index (κ1) is 30.1. The molecule has 0 aliphatic carbocycles. The molecule has 0 spiro atoms. The summed E-state index contributed by atoms with van der Waals surface area (Å²) in [6.07, 6.45) is 4.03. The molecule has 0 aliphatic rings. The Morgan fingerprint density at radius 1 is 0.909 bits per heavy atom. The summed E-state index contributed by atoms with van der Waals surface area (Å²) in [4.78, 5) is 12.9. The Morgan fingerprint density at radius 3 is 2.36 bits per heavy atom. The zero-order valence-electron chi connectivity index (χ0n) is 25.4. The fourth-order valence-electron chi connectivity index (χ4n) is 5.04. The van der Waals surface area contributed by atoms with E-state index < -0.39 is 0 Å². The number of allylic oxidation sites excluding steroid dienone is 1. The number of nitrogens with zero attached hydrogens (tertiary/aromatic N) is 2. The molecule has 0 bridgehead atoms. The summed E-state index contributed by atoms with van der Waals surface area (Å²) in [6, 6.07) is 34.1. The van der Waals surface area contributed by atoms with Gasteiger partial charge in [-0.3, -0.25) is 4.79 Å². The van der Waals surface area contributed by atoms with Gasteiger partial charge < -0.3 is 14.0 Å². The summed E-state index contributed by atoms with van der Waals surface area (Å²) in [6.45, 7) is 10.9. The van der Waals surface area contributed by atoms with E-state index in [0.29, 0.717) is 36.7 Å². The van der Waals surface area contributed by atoms with E-state index >= 15 is 0 Å². The van der Waals surface area contributed by atoms with Crippen molar-refractivity contribution >= 4 is 12.1 Å². The van der Waals surface area contributed by atoms with Crippen LogP contribution >= 0.6 is 0 Å². The van der Waals surface area contributed by atoms with E-state index in [1.54, 1.807) is 6.21 Å². The highest BCUT2D eigenvalue weighted by Gasteiger charge is 2.14. The first-order chi connectivity index (χ1) is 21.5. The Bertz CT molecular complexity index is 1750. The smallest absolute Gasteiger partial charge is 0.271 e. The number of hydrazone groups is 1. The van der Waals surface area contributed by atoms with Crippen LogP contribution in [0.4, 0.5) is 0 Å². The van der Waals surface area contributed by atoms with Crippen LogP contribution in [-0.4, -0.2) is 23.3 Å². The quantitative estimate of drug-likeness (QED) is 0.0914. The zero-order chi connectivity index (χ0) is 30.9. The molecule has 1 amide bonds. The van der Waals surface area contributed by atoms with Crippen LogP contribution < -0.4 is 14.9 Å². The second kappa shape index (κ2) is 14.2. The number of aromatic nitrogens is 1. The SMILES string of the molecule is C=CCc1cc(/C=N/NC(=O)c2ccc(-n3c(C)ccc3-c3ccccc3)cc2)cc(OCC)c1OCc1ccc(C)cc1. The normalized spacial score (nSPS) is 11.0. The van der Waals surface area contributed by atoms with Crippen molar-refractivity contribution in [2.75, 3.05) is 6.61 Å². The molecule has 6 heteroatoms. The molecule has 0 saturated heterocycles. The van der Waals surface area contributed by atoms with Gasteiger partial charge in [0.1, 0.15) is 6.61 Å². The predicted octanol–water partition coefficient (Wildman–Crippen LogP) is 8.23. The predicted molar refractivity (Wildman–Crippen MR) is 178 cm³/mol. The molecular weight excluding hydrogens is 546 g/mol. The third-order valence-electron chi connectivity index (χ3n) is 7.23. The topological polar surface area (TPSA) is 64.9 Å². The van der Waals surface area contributed by atoms with Gasteiger partial charge in [-0.1, -0.05) is 66.2 Å². The maximum absolute atomic E-state index is 12.9. The van der Waals surface area contributed by atoms with E-state index in [4.69, 9.17) is 9.47 Å². The van der Waals surface area contributed by atoms with Gasteiger partial charge in [0.25, 0.3) is 5.91 Å². The number of amides is 1. The summed E-state index contributed by atoms with van der Waals surface area (Å²) in [5.41, 5.74) is 11.5. The molecule has 1 heterocycles. The molecule has 222 valence electrons. The fourth-order valence-corrected chi connectivity index (χ4v) is 5.04. The molecule has 6 nitrogen and oxygen atoms in total. The zero-order valence-corrected chi connectivity index (χ0v) is 25.4. The number of benzene rings is 4. The summed E-state index contributed by atoms with van der Waals surface area (Å²) >= 11 is 0. The molecule has 1 aromatic heterocycles. The van der Waals surface area contributed by atoms with Crippen molar-refractivity contribution in [2.24, 2.45) is 5.10 Å². The number of aryl methyl sites for hydroxylation is 2. The van der Waals surface area contributed by atoms with Crippen LogP contribution in [0.25, 0.3) is 16.9 Å². The van der Waals surface area contributed by atoms with Crippen LogP contribution in [0.15, 0.2) is 121 Å². The summed E-state index contributed by atoms with van der Waals surface area (Å²) < 4.78 is 14.4. The van der Waals surface area contributed by atoms with Gasteiger partial charge in [-0.2, -0.15) is 5.10 Å². The Labute approximate surface area is 259 Å². The van der Waals surface area contributed by atoms with E-state index in [-0.39, 0.29) is 5.91 Å². The summed E-state index contributed by atoms with van der Waals surface area (Å²) in [5, 5.41) is 4.24. The van der Waals surface area contributed by atoms with Gasteiger partial charge in [0.05, 0.1) is 18.5 Å². The number of hydrogen-bond donors (Lipinski definition) is 1. The average Bonchev–Trinajstić information content (AvgIpc) is 3.43. The van der Waals surface area contributed by atoms with Gasteiger partial charge in [-0.05, 0) is 92.4 Å². The maximum atomic E-state index is 12.9. The van der Waals surface area contributed by atoms with Crippen molar-refractivity contribution in [3.63, 3.8) is 0 Å². The van der Waals surface area contributed by atoms with Crippen LogP contribution in [0.5, 0.6) is 11.5 Å². The van der Waals surface area contributed by atoms with Gasteiger partial charge >= 0.3 is 0 Å². The minimum Gasteiger partial charge on any atom is -0.490 e. The van der Waals surface area contributed by atoms with Crippen molar-refractivity contribution in [2.45, 2.75) is 33.8 Å². The van der Waals surface area contributed by atoms with Gasteiger partial charge in [0, 0.05) is 22.5 Å². The van der Waals surface area contributed by atoms with E-state index in [0.717, 1.165) is 39.3 Å². The second-order valence-corrected chi connectivity index (χ2v) is 10.5. The highest BCUT2D eigenvalue weighted by molar-refractivity contribution is 5.95. The Kier molecular flexibility index (Phi) is 9.72. The van der Waals surface area contributed by atoms with E-state index in [9.17, 15) is 4.79 Å². The van der Waals surface area contributed by atoms with Gasteiger partial charge in [-0.25, -0.2) is 5.43 Å². The van der Waals surface area contributed by atoms with Crippen LogP contribution in [0.3, 0.4) is 0 Å². The van der Waals surface area contributed by atoms with Crippen molar-refractivity contribution < 1.29 is 14.3 Å². The molecule has 0 saturated carbocycles. The lowest BCUT2D eigenvalue weighted by molar-refractivity contribution is 0.0955. The monoisotopic (exact) mass is 583 g/mol. The highest BCUT2D eigenvalue weighted by Crippen LogP contribution is 2.34. The molecule has 0 fully saturated rings. The summed E-state index contributed by atoms with van der Waals surface area (Å²) in [5.74, 6) is 1.01. The first-order valence-electron chi connectivity index (χ1n) is 14.7. The number of nitrogens with one attached hydrogen (secondary N) is 1. The molecule has 0 atom stereocenters. The third kappa shape index (κ3) is 7.16. The van der Waals surface area contributed by atoms with Crippen LogP contribution in [-0.2, 0) is 13.0 Å². The Balaban J connectivity index is 1.30. The molecule has 4 aromatic carbocycles. The minimum atomic E-state index is -0.297. The van der Waals surface area contributed by atoms with Crippen molar-refractivity contribution in [1.82, 2.24) is 9.99 Å². The standard InChI is InChI=1S/C38H37N3O3/c1-5-10-33-23-30(24-36(43-6-2)37(33)44-26-29-16-13-27(3)14-17-29)25-39-40-38(42)32-18-20-34(21-19-32)41-28(4)15-22-35(41)31-11-8-7-9-12-31/h5,7-9,11-25H,1,6,10,26H2,2-4H3,(H,40,42)/b39-25+. The summed E-state index contributed by atoms with van der Waals surface area (Å²) in [7, 11) is 0. The molecule has 5 aromatic rings. The first-order valence-corrected chi connectivity index (χ1v) is 14.7. The van der Waals surface area contributed by atoms with Gasteiger partial charge in [-0.15, -0.1) is 6.58 Å². The van der Waals surface area contributed by atoms with E-state index in [2.05, 4.69) is 84.1 Å². The third-order valence-corrected chi connectivity index (χ3v) is 7.23. The molecule has 0 aliphatic heterocycles. The number of ether oxygens (including phenoxy) is 2. The Hall–Kier alpha value is -5.36. The molecule has 44 heavy (non-hydrogen) atoms. The number of carbonyl (C=O) groups excluding carboxylic acids is 1. The molecule has 0 unspecified atom stereocenters. The minimum absolute atomic E-state index is 0.297. The number of rotatable bonds is 12. The second-order valence-electron chi connectivity index (χ2n) is 10.5. The molecule has 0 radical (unpaired) electrons. The number of hydrogen-bond acceptors (Lipinski definition) is 4. The van der Waals surface area contributed by atoms with Crippen LogP contribution in [0.1, 0.15) is 45.2 Å². The van der Waals surface area contributed by atoms with Crippen molar-refractivity contribution in [1.29, 1.82) is 0 Å². The maximum Gasteiger partial charge on any atom is 0.271 e. The van der Waals surface area contributed by atoms with E-state index in [1.807, 2.05) is 67.6 Å². The van der Waals surface area contributed by atoms with Crippen molar-refractivity contribution in [3.05, 3.63) is 149 Å². The lowest BCUT2D eigenvalue weighted by Crippen LogP contribution is -2.17. The van der Waals surface area contributed by atoms with Gasteiger partial charge in [0.15, 0.2) is 11.5 Å². The molecular formula is C38H37N3O3. The van der Waals surface area contributed by atoms with Crippen LogP contribution in [0.2, 0.25) is 0 Å². The highest BCUT2D eigenvalue weighted by atomic mass is 16.5. The lowest BCUT2D eigenvalue weighted by Gasteiger charge is -2.17. The largest absolute Gasteiger partial charge is 0.490 e. The van der Waals surface area contributed by atoms with Crippen LogP contribution in [0, 0.1) is 13.8 Å². The fraction of sp³-hybridized carbons (Fsp3) is 0.158. The lowest BCUT2D eigenvalue weighted by atomic mass is 10.1. The molecule has 1 N–H and O–H groups in total. The van der Waals surface area contributed by atoms with Crippen molar-refractivity contribution in [3.8, 4) is 28.4 Å². The molecule has 5 rings (SSSR count). The van der Waals surface area contributed by atoms with Gasteiger partial charge in [0.2, 0.25) is 0 Å². The Morgan fingerprint density at radius 2 is 1.66 bits per heavy atom.